The molecule has 143 valence electrons. The van der Waals surface area contributed by atoms with E-state index in [1.54, 1.807) is 11.3 Å². The molecule has 2 aromatic heterocycles. The number of ketones is 1. The van der Waals surface area contributed by atoms with Crippen molar-refractivity contribution in [1.29, 1.82) is 0 Å². The Morgan fingerprint density at radius 1 is 1.19 bits per heavy atom. The van der Waals surface area contributed by atoms with E-state index in [9.17, 15) is 4.79 Å². The van der Waals surface area contributed by atoms with E-state index in [0.717, 1.165) is 16.6 Å². The number of aliphatic hydroxyl groups excluding tert-OH is 1. The maximum absolute atomic E-state index is 9.98. The zero-order chi connectivity index (χ0) is 18.9. The number of aliphatic carboxylic acids is 1. The van der Waals surface area contributed by atoms with Crippen molar-refractivity contribution in [2.75, 3.05) is 0 Å². The van der Waals surface area contributed by atoms with Gasteiger partial charge in [0.05, 0.1) is 19.4 Å². The van der Waals surface area contributed by atoms with Crippen LogP contribution in [0.5, 0.6) is 0 Å². The molecule has 27 heavy (non-hydrogen) atoms. The molecular formula is C20H19IrNO4S. The second-order valence-electron chi connectivity index (χ2n) is 5.44. The normalized spacial score (nSPS) is 10.5. The number of nitrogens with zero attached hydrogens (tertiary/aromatic N) is 1. The molecule has 0 spiro atoms. The van der Waals surface area contributed by atoms with Crippen molar-refractivity contribution in [2.45, 2.75) is 19.8 Å². The Morgan fingerprint density at radius 3 is 2.48 bits per heavy atom. The Bertz CT molecular complexity index is 889. The minimum Gasteiger partial charge on any atom is -0.512 e. The van der Waals surface area contributed by atoms with Crippen LogP contribution in [0.1, 0.15) is 19.8 Å². The minimum absolute atomic E-state index is 0. The number of carboxylic acids is 1. The molecule has 0 saturated carbocycles. The van der Waals surface area contributed by atoms with Crippen LogP contribution < -0.4 is 0 Å². The standard InChI is InChI=1S/C13H8NS.C7H10O4.Ir/c1-2-7-12-10(5-1)9-13(15-12)11-6-3-4-8-14-11;1-5(8)4-6(9)2-3-7(10)11;/h1-8H;4,9H,2-3H2,1H3,(H,10,11);/q-1;;/p+1/b;6-4-;. The molecule has 3 rings (SSSR count). The number of thiophene rings is 1. The van der Waals surface area contributed by atoms with Crippen molar-refractivity contribution in [2.24, 2.45) is 0 Å². The van der Waals surface area contributed by atoms with Gasteiger partial charge in [-0.1, -0.05) is 24.3 Å². The van der Waals surface area contributed by atoms with Gasteiger partial charge in [0.2, 0.25) is 0 Å². The number of rotatable bonds is 5. The van der Waals surface area contributed by atoms with Crippen LogP contribution >= 0.6 is 11.3 Å². The van der Waals surface area contributed by atoms with E-state index in [1.807, 2.05) is 30.5 Å². The Labute approximate surface area is 174 Å². The van der Waals surface area contributed by atoms with Gasteiger partial charge >= 0.3 is 11.8 Å². The molecule has 1 aromatic carbocycles. The summed E-state index contributed by atoms with van der Waals surface area (Å²) >= 11 is 1.73. The van der Waals surface area contributed by atoms with Crippen LogP contribution in [-0.4, -0.2) is 31.7 Å². The van der Waals surface area contributed by atoms with Crippen LogP contribution in [0.4, 0.5) is 0 Å². The van der Waals surface area contributed by atoms with E-state index in [4.69, 9.17) is 15.0 Å². The number of benzene rings is 1. The molecule has 0 aliphatic carbocycles. The fourth-order valence-electron chi connectivity index (χ4n) is 2.08. The second kappa shape index (κ2) is 11.4. The van der Waals surface area contributed by atoms with Crippen molar-refractivity contribution in [3.8, 4) is 10.6 Å². The minimum atomic E-state index is -0.972. The van der Waals surface area contributed by atoms with Crippen molar-refractivity contribution < 1.29 is 39.9 Å². The topological polar surface area (TPSA) is 91.8 Å². The fourth-order valence-corrected chi connectivity index (χ4v) is 3.06. The fraction of sp³-hybridized carbons (Fsp3) is 0.150. The maximum Gasteiger partial charge on any atom is 0.316 e. The number of aliphatic hydroxyl groups is 1. The number of carbonyl (C=O) groups excluding carboxylic acids is 1. The number of hydrogen-bond donors (Lipinski definition) is 2. The zero-order valence-electron chi connectivity index (χ0n) is 14.5. The summed E-state index contributed by atoms with van der Waals surface area (Å²) in [4.78, 5) is 24.0. The molecule has 0 aliphatic rings. The van der Waals surface area contributed by atoms with Crippen LogP contribution in [0.3, 0.4) is 0 Å². The van der Waals surface area contributed by atoms with Gasteiger partial charge in [-0.25, -0.2) is 11.3 Å². The van der Waals surface area contributed by atoms with Crippen molar-refractivity contribution in [3.63, 3.8) is 0 Å². The quantitative estimate of drug-likeness (QED) is 0.206. The first-order valence-corrected chi connectivity index (χ1v) is 8.73. The average Bonchev–Trinajstić information content (AvgIpc) is 3.05. The number of fused-ring (bicyclic) bond motifs is 1. The molecule has 1 radical (unpaired) electrons. The third-order valence-corrected chi connectivity index (χ3v) is 4.31. The molecule has 0 bridgehead atoms. The average molecular weight is 562 g/mol. The van der Waals surface area contributed by atoms with Crippen LogP contribution in [-0.2, 0) is 24.9 Å². The van der Waals surface area contributed by atoms with Crippen molar-refractivity contribution in [1.82, 2.24) is 4.98 Å². The van der Waals surface area contributed by atoms with Gasteiger partial charge in [0.15, 0.2) is 0 Å². The Kier molecular flexibility index (Phi) is 9.58. The molecule has 3 N–H and O–H groups in total. The largest absolute Gasteiger partial charge is 0.512 e. The molecule has 0 fully saturated rings. The first kappa shape index (κ1) is 22.7. The summed E-state index contributed by atoms with van der Waals surface area (Å²) in [7, 11) is 0. The zero-order valence-corrected chi connectivity index (χ0v) is 17.8. The van der Waals surface area contributed by atoms with Crippen molar-refractivity contribution >= 4 is 33.2 Å². The summed E-state index contributed by atoms with van der Waals surface area (Å²) in [6, 6.07) is 17.6. The number of carbonyl (C=O) groups is 1. The van der Waals surface area contributed by atoms with Gasteiger partial charge in [-0.05, 0) is 15.6 Å². The number of hydrogen-bond acceptors (Lipinski definition) is 4. The van der Waals surface area contributed by atoms with E-state index in [2.05, 4.69) is 29.2 Å². The summed E-state index contributed by atoms with van der Waals surface area (Å²) in [5.74, 6) is -1.12. The van der Waals surface area contributed by atoms with E-state index >= 15 is 0 Å². The smallest absolute Gasteiger partial charge is 0.316 e. The number of carboxylic acid groups (broad SMARTS) is 1. The number of aromatic nitrogens is 1. The SMILES string of the molecule is CC(=[OH+])/C=C(\O)CCC(=O)O.[Ir].[c-]1c(-c2ccccn2)sc2ccccc12. The number of pyridine rings is 1. The van der Waals surface area contributed by atoms with Crippen LogP contribution in [0, 0.1) is 6.07 Å². The van der Waals surface area contributed by atoms with Gasteiger partial charge in [-0.3, -0.25) is 9.59 Å². The van der Waals surface area contributed by atoms with E-state index in [-0.39, 0.29) is 44.5 Å². The maximum atomic E-state index is 9.98. The predicted octanol–water partition coefficient (Wildman–Crippen LogP) is 4.62. The summed E-state index contributed by atoms with van der Waals surface area (Å²) < 4.78 is 1.26. The van der Waals surface area contributed by atoms with Crippen molar-refractivity contribution in [3.05, 3.63) is 66.6 Å². The van der Waals surface area contributed by atoms with Gasteiger partial charge in [0, 0.05) is 38.4 Å². The third kappa shape index (κ3) is 7.83. The summed E-state index contributed by atoms with van der Waals surface area (Å²) in [6.45, 7) is 1.40. The van der Waals surface area contributed by atoms with Gasteiger partial charge in [-0.15, -0.1) is 23.6 Å². The second-order valence-corrected chi connectivity index (χ2v) is 6.49. The van der Waals surface area contributed by atoms with Crippen LogP contribution in [0.25, 0.3) is 20.7 Å². The monoisotopic (exact) mass is 562 g/mol. The molecular weight excluding hydrogens is 543 g/mol. The van der Waals surface area contributed by atoms with Crippen LogP contribution in [0.15, 0.2) is 60.5 Å². The molecule has 3 aromatic rings. The summed E-state index contributed by atoms with van der Waals surface area (Å²) in [6.07, 6.45) is 2.86. The molecule has 0 unspecified atom stereocenters. The first-order valence-electron chi connectivity index (χ1n) is 7.92. The molecule has 0 atom stereocenters. The molecule has 2 heterocycles. The molecule has 5 nitrogen and oxygen atoms in total. The summed E-state index contributed by atoms with van der Waals surface area (Å²) in [5.41, 5.74) is 0.999. The van der Waals surface area contributed by atoms with Crippen LogP contribution in [0.2, 0.25) is 0 Å². The Balaban J connectivity index is 0.000000276. The van der Waals surface area contributed by atoms with Gasteiger partial charge in [-0.2, -0.15) is 0 Å². The molecule has 0 aliphatic heterocycles. The number of allylic oxidation sites excluding steroid dienone is 2. The molecule has 7 heteroatoms. The molecule has 0 saturated heterocycles. The Hall–Kier alpha value is -2.34. The van der Waals surface area contributed by atoms with E-state index in [1.165, 1.54) is 17.0 Å². The van der Waals surface area contributed by atoms with Gasteiger partial charge in [0.1, 0.15) is 5.76 Å². The third-order valence-electron chi connectivity index (χ3n) is 3.22. The van der Waals surface area contributed by atoms with Gasteiger partial charge in [0.25, 0.3) is 0 Å². The van der Waals surface area contributed by atoms with Gasteiger partial charge < -0.3 is 15.2 Å². The molecule has 0 amide bonds. The first-order chi connectivity index (χ1) is 12.5. The predicted molar refractivity (Wildman–Crippen MR) is 104 cm³/mol. The van der Waals surface area contributed by atoms with E-state index in [0.29, 0.717) is 0 Å². The Morgan fingerprint density at radius 2 is 1.89 bits per heavy atom. The van der Waals surface area contributed by atoms with E-state index < -0.39 is 5.97 Å². The summed E-state index contributed by atoms with van der Waals surface area (Å²) in [5, 5.41) is 18.2.